The topological polar surface area (TPSA) is 0 Å². The van der Waals surface area contributed by atoms with Crippen LogP contribution in [-0.2, 0) is 0 Å². The average Bonchev–Trinajstić information content (AvgIpc) is 1.88. The summed E-state index contributed by atoms with van der Waals surface area (Å²) in [6.45, 7) is 4.81. The summed E-state index contributed by atoms with van der Waals surface area (Å²) in [6, 6.07) is 10.9. The van der Waals surface area contributed by atoms with Crippen molar-refractivity contribution < 1.29 is 0 Å². The van der Waals surface area contributed by atoms with Gasteiger partial charge >= 0.3 is 73.5 Å². The van der Waals surface area contributed by atoms with Crippen molar-refractivity contribution in [3.63, 3.8) is 0 Å². The molecule has 1 aromatic rings. The second-order valence-electron chi connectivity index (χ2n) is 2.32. The summed E-state index contributed by atoms with van der Waals surface area (Å²) in [6.07, 6.45) is 0.0430. The predicted octanol–water partition coefficient (Wildman–Crippen LogP) is 1.27. The summed E-state index contributed by atoms with van der Waals surface area (Å²) in [5.41, 5.74) is 0. The monoisotopic (exact) mass is 265 g/mol. The Balaban J connectivity index is 2.59. The minimum atomic E-state index is 0.0430. The molecule has 1 radical (unpaired) electrons. The van der Waals surface area contributed by atoms with E-state index in [1.54, 1.807) is 3.61 Å². The Hall–Kier alpha value is 0.226. The molecule has 0 nitrogen and oxygen atoms in total. The molecule has 0 spiro atoms. The van der Waals surface area contributed by atoms with Crippen molar-refractivity contribution in [2.75, 3.05) is 0 Å². The molecule has 0 fully saturated rings. The van der Waals surface area contributed by atoms with Crippen LogP contribution in [0.3, 0.4) is 0 Å². The number of hydrogen-bond acceptors (Lipinski definition) is 0. The Morgan fingerprint density at radius 1 is 1.10 bits per heavy atom. The Morgan fingerprint density at radius 3 is 2.20 bits per heavy atom. The van der Waals surface area contributed by atoms with Crippen LogP contribution < -0.4 is 3.61 Å². The van der Waals surface area contributed by atoms with E-state index in [-0.39, 0.29) is 26.5 Å². The molecule has 0 saturated carbocycles. The van der Waals surface area contributed by atoms with Crippen molar-refractivity contribution in [3.8, 4) is 0 Å². The van der Waals surface area contributed by atoms with Gasteiger partial charge in [0.2, 0.25) is 0 Å². The van der Waals surface area contributed by atoms with E-state index in [1.807, 2.05) is 0 Å². The van der Waals surface area contributed by atoms with Gasteiger partial charge in [-0.2, -0.15) is 0 Å². The summed E-state index contributed by atoms with van der Waals surface area (Å²) in [4.78, 5) is 0. The van der Waals surface area contributed by atoms with Gasteiger partial charge in [-0.1, -0.05) is 0 Å². The summed E-state index contributed by atoms with van der Waals surface area (Å²) < 4.78 is 1.62. The fourth-order valence-corrected chi connectivity index (χ4v) is 6.98. The molecule has 2 heteroatoms. The van der Waals surface area contributed by atoms with Gasteiger partial charge in [0, 0.05) is 0 Å². The normalized spacial score (nSPS) is 10.3. The molecule has 0 aromatic heterocycles. The molecule has 0 bridgehead atoms. The van der Waals surface area contributed by atoms with Gasteiger partial charge in [0.05, 0.1) is 0 Å². The van der Waals surface area contributed by atoms with Crippen LogP contribution in [0.2, 0.25) is 13.1 Å². The van der Waals surface area contributed by atoms with Gasteiger partial charge in [-0.3, -0.25) is 0 Å². The van der Waals surface area contributed by atoms with E-state index < -0.39 is 0 Å². The molecule has 0 aliphatic heterocycles. The third kappa shape index (κ3) is 2.87. The van der Waals surface area contributed by atoms with Gasteiger partial charge in [0.1, 0.15) is 0 Å². The zero-order valence-electron chi connectivity index (χ0n) is 6.29. The molecule has 0 N–H and O–H groups in total. The van der Waals surface area contributed by atoms with Gasteiger partial charge < -0.3 is 0 Å². The number of rotatable bonds is 2. The molecule has 0 aliphatic carbocycles. The summed E-state index contributed by atoms with van der Waals surface area (Å²) in [5.74, 6) is 0. The predicted molar refractivity (Wildman–Crippen MR) is 49.3 cm³/mol. The van der Waals surface area contributed by atoms with Crippen molar-refractivity contribution in [1.29, 1.82) is 0 Å². The van der Waals surface area contributed by atoms with Crippen LogP contribution in [0.4, 0.5) is 0 Å². The first-order valence-electron chi connectivity index (χ1n) is 3.32. The molecule has 53 valence electrons. The van der Waals surface area contributed by atoms with E-state index in [4.69, 9.17) is 0 Å². The maximum atomic E-state index is 2.40. The molecule has 0 atom stereocenters. The second-order valence-corrected chi connectivity index (χ2v) is 14.4. The van der Waals surface area contributed by atoms with Crippen LogP contribution >= 0.6 is 0 Å². The maximum absolute atomic E-state index is 2.40. The number of benzene rings is 1. The van der Waals surface area contributed by atoms with Crippen LogP contribution in [0.15, 0.2) is 30.3 Å². The van der Waals surface area contributed by atoms with Crippen molar-refractivity contribution in [1.82, 2.24) is 0 Å². The molecule has 1 aromatic carbocycles. The third-order valence-electron chi connectivity index (χ3n) is 1.07. The Bertz CT molecular complexity index is 184. The van der Waals surface area contributed by atoms with Gasteiger partial charge in [0.25, 0.3) is 0 Å². The average molecular weight is 263 g/mol. The molecule has 0 saturated heterocycles. The molecule has 0 heterocycles. The van der Waals surface area contributed by atoms with E-state index in [0.717, 1.165) is 0 Å². The number of hydrogen-bond donors (Lipinski definition) is 0. The molecule has 0 aliphatic rings. The van der Waals surface area contributed by atoms with Gasteiger partial charge in [-0.05, 0) is 0 Å². The standard InChI is InChI=1S/C8H11SiTe/c1-9(2)10-8-6-4-3-5-7-8/h3-7H,1-2H3. The quantitative estimate of drug-likeness (QED) is 0.705. The van der Waals surface area contributed by atoms with E-state index in [0.29, 0.717) is 0 Å². The first kappa shape index (κ1) is 8.32. The van der Waals surface area contributed by atoms with Crippen LogP contribution in [-0.4, -0.2) is 26.5 Å². The van der Waals surface area contributed by atoms with Gasteiger partial charge in [0.15, 0.2) is 0 Å². The zero-order valence-corrected chi connectivity index (χ0v) is 9.63. The van der Waals surface area contributed by atoms with E-state index >= 15 is 0 Å². The Labute approximate surface area is 73.4 Å². The van der Waals surface area contributed by atoms with E-state index in [1.165, 1.54) is 0 Å². The molecule has 0 amide bonds. The van der Waals surface area contributed by atoms with Crippen LogP contribution in [0, 0.1) is 0 Å². The van der Waals surface area contributed by atoms with E-state index in [2.05, 4.69) is 43.4 Å². The zero-order chi connectivity index (χ0) is 7.40. The van der Waals surface area contributed by atoms with Crippen LogP contribution in [0.25, 0.3) is 0 Å². The van der Waals surface area contributed by atoms with Crippen molar-refractivity contribution in [2.45, 2.75) is 13.1 Å². The third-order valence-corrected chi connectivity index (χ3v) is 8.00. The first-order valence-corrected chi connectivity index (χ1v) is 10.4. The van der Waals surface area contributed by atoms with Crippen LogP contribution in [0.1, 0.15) is 0 Å². The Morgan fingerprint density at radius 2 is 1.70 bits per heavy atom. The first-order chi connectivity index (χ1) is 4.79. The van der Waals surface area contributed by atoms with E-state index in [9.17, 15) is 0 Å². The summed E-state index contributed by atoms with van der Waals surface area (Å²) in [5, 5.41) is 0. The van der Waals surface area contributed by atoms with Crippen molar-refractivity contribution in [2.24, 2.45) is 0 Å². The molecule has 1 rings (SSSR count). The molecule has 10 heavy (non-hydrogen) atoms. The fraction of sp³-hybridized carbons (Fsp3) is 0.250. The van der Waals surface area contributed by atoms with Crippen molar-refractivity contribution in [3.05, 3.63) is 30.3 Å². The minimum absolute atomic E-state index is 0.0430. The molecule has 0 unspecified atom stereocenters. The van der Waals surface area contributed by atoms with Gasteiger partial charge in [-0.15, -0.1) is 0 Å². The fourth-order valence-electron chi connectivity index (χ4n) is 0.724. The van der Waals surface area contributed by atoms with Gasteiger partial charge in [-0.25, -0.2) is 0 Å². The van der Waals surface area contributed by atoms with Crippen LogP contribution in [0.5, 0.6) is 0 Å². The van der Waals surface area contributed by atoms with Crippen molar-refractivity contribution >= 4 is 30.1 Å². The summed E-state index contributed by atoms with van der Waals surface area (Å²) in [7, 11) is 0. The summed E-state index contributed by atoms with van der Waals surface area (Å²) >= 11 is 0.200. The molecular weight excluding hydrogens is 252 g/mol. The SMILES string of the molecule is C[Si](C)[Te]c1ccccc1. The second kappa shape index (κ2) is 4.18. The Kier molecular flexibility index (Phi) is 3.48. The molecular formula is C8H11SiTe.